The molecule has 3 rings (SSSR count). The Balaban J connectivity index is 1.89. The van der Waals surface area contributed by atoms with E-state index in [1.54, 1.807) is 4.90 Å². The van der Waals surface area contributed by atoms with Crippen LogP contribution in [0.2, 0.25) is 10.0 Å². The van der Waals surface area contributed by atoms with Gasteiger partial charge >= 0.3 is 0 Å². The monoisotopic (exact) mass is 507 g/mol. The van der Waals surface area contributed by atoms with Gasteiger partial charge in [0.1, 0.15) is 11.9 Å². The molecule has 2 aromatic carbocycles. The second-order valence-electron chi connectivity index (χ2n) is 9.52. The topological polar surface area (TPSA) is 56.3 Å². The van der Waals surface area contributed by atoms with E-state index in [9.17, 15) is 9.90 Å². The number of likely N-dealkylation sites (N-methyl/N-ethyl adjacent to an activating group) is 1. The number of aliphatic hydroxyl groups excluding tert-OH is 1. The molecule has 3 atom stereocenters. The summed E-state index contributed by atoms with van der Waals surface area (Å²) in [7, 11) is 5.99. The molecule has 0 fully saturated rings. The lowest BCUT2D eigenvalue weighted by Gasteiger charge is -2.34. The molecule has 34 heavy (non-hydrogen) atoms. The third-order valence-corrected chi connectivity index (χ3v) is 7.08. The first-order valence-electron chi connectivity index (χ1n) is 11.6. The van der Waals surface area contributed by atoms with Crippen molar-refractivity contribution in [1.29, 1.82) is 0 Å². The highest BCUT2D eigenvalue weighted by atomic mass is 35.5. The number of halogens is 2. The molecular weight excluding hydrogens is 473 g/mol. The molecule has 1 aliphatic rings. The minimum absolute atomic E-state index is 0.000957. The Kier molecular flexibility index (Phi) is 9.10. The molecule has 1 heterocycles. The Hall–Kier alpha value is -1.99. The number of hydrogen-bond donors (Lipinski definition) is 1. The molecule has 0 aromatic heterocycles. The Morgan fingerprint density at radius 3 is 2.53 bits per heavy atom. The molecule has 0 saturated carbocycles. The molecule has 1 aliphatic heterocycles. The normalized spacial score (nSPS) is 19.7. The van der Waals surface area contributed by atoms with Gasteiger partial charge in [0.25, 0.3) is 0 Å². The summed E-state index contributed by atoms with van der Waals surface area (Å²) in [4.78, 5) is 19.2. The summed E-state index contributed by atoms with van der Waals surface area (Å²) < 4.78 is 6.58. The Morgan fingerprint density at radius 2 is 1.88 bits per heavy atom. The molecule has 8 heteroatoms. The predicted octanol–water partition coefficient (Wildman–Crippen LogP) is 4.34. The lowest BCUT2D eigenvalue weighted by atomic mass is 10.0. The maximum atomic E-state index is 13.3. The van der Waals surface area contributed by atoms with E-state index in [2.05, 4.69) is 11.8 Å². The van der Waals surface area contributed by atoms with Gasteiger partial charge in [0, 0.05) is 50.9 Å². The molecule has 2 aromatic rings. The second-order valence-corrected chi connectivity index (χ2v) is 10.3. The standard InChI is InChI=1S/C26H35Cl2N3O3/c1-17-13-31(18(2)16-32)26(33)12-20-11-21(29(3)4)7-9-24(20)34-25(17)15-30(5)14-19-6-8-22(27)23(28)10-19/h6-11,17-18,25,32H,12-16H2,1-5H3/t17-,18-,25+/m1/s1. The molecule has 0 aliphatic carbocycles. The quantitative estimate of drug-likeness (QED) is 0.603. The van der Waals surface area contributed by atoms with Crippen molar-refractivity contribution in [2.75, 3.05) is 45.7 Å². The number of aliphatic hydroxyl groups is 1. The molecule has 0 spiro atoms. The van der Waals surface area contributed by atoms with E-state index in [0.717, 1.165) is 22.6 Å². The summed E-state index contributed by atoms with van der Waals surface area (Å²) in [5, 5.41) is 10.9. The SMILES string of the molecule is C[C@@H]1CN([C@H](C)CO)C(=O)Cc2cc(N(C)C)ccc2O[C@H]1CN(C)Cc1ccc(Cl)c(Cl)c1. The number of anilines is 1. The summed E-state index contributed by atoms with van der Waals surface area (Å²) in [6.45, 7) is 5.76. The fourth-order valence-electron chi connectivity index (χ4n) is 4.23. The zero-order valence-electron chi connectivity index (χ0n) is 20.6. The van der Waals surface area contributed by atoms with Crippen molar-refractivity contribution in [1.82, 2.24) is 9.80 Å². The lowest BCUT2D eigenvalue weighted by molar-refractivity contribution is -0.134. The third-order valence-electron chi connectivity index (χ3n) is 6.34. The van der Waals surface area contributed by atoms with E-state index in [1.807, 2.05) is 69.4 Å². The number of ether oxygens (including phenoxy) is 1. The number of amides is 1. The van der Waals surface area contributed by atoms with E-state index in [4.69, 9.17) is 27.9 Å². The number of hydrogen-bond acceptors (Lipinski definition) is 5. The molecule has 186 valence electrons. The maximum absolute atomic E-state index is 13.3. The largest absolute Gasteiger partial charge is 0.488 e. The Bertz CT molecular complexity index is 1000. The van der Waals surface area contributed by atoms with E-state index >= 15 is 0 Å². The van der Waals surface area contributed by atoms with Gasteiger partial charge in [-0.1, -0.05) is 36.2 Å². The lowest BCUT2D eigenvalue weighted by Crippen LogP contribution is -2.47. The summed E-state index contributed by atoms with van der Waals surface area (Å²) in [5.41, 5.74) is 2.93. The fraction of sp³-hybridized carbons (Fsp3) is 0.500. The average molecular weight is 508 g/mol. The van der Waals surface area contributed by atoms with Crippen molar-refractivity contribution in [3.8, 4) is 5.75 Å². The number of rotatable bonds is 7. The molecule has 1 N–H and O–H groups in total. The first kappa shape index (κ1) is 26.6. The second kappa shape index (κ2) is 11.6. The molecule has 0 radical (unpaired) electrons. The highest BCUT2D eigenvalue weighted by molar-refractivity contribution is 6.42. The van der Waals surface area contributed by atoms with Crippen molar-refractivity contribution in [2.24, 2.45) is 5.92 Å². The van der Waals surface area contributed by atoms with Crippen LogP contribution in [0.4, 0.5) is 5.69 Å². The molecule has 6 nitrogen and oxygen atoms in total. The van der Waals surface area contributed by atoms with Gasteiger partial charge in [-0.2, -0.15) is 0 Å². The highest BCUT2D eigenvalue weighted by Gasteiger charge is 2.31. The van der Waals surface area contributed by atoms with Crippen LogP contribution in [0.25, 0.3) is 0 Å². The van der Waals surface area contributed by atoms with Crippen LogP contribution < -0.4 is 9.64 Å². The van der Waals surface area contributed by atoms with Crippen LogP contribution in [0.5, 0.6) is 5.75 Å². The number of nitrogens with zero attached hydrogens (tertiary/aromatic N) is 3. The van der Waals surface area contributed by atoms with Gasteiger partial charge < -0.3 is 19.6 Å². The first-order valence-corrected chi connectivity index (χ1v) is 12.3. The van der Waals surface area contributed by atoms with E-state index in [-0.39, 0.29) is 37.0 Å². The van der Waals surface area contributed by atoms with Crippen molar-refractivity contribution in [3.05, 3.63) is 57.6 Å². The average Bonchev–Trinajstić information content (AvgIpc) is 2.83. The van der Waals surface area contributed by atoms with Crippen LogP contribution in [0.3, 0.4) is 0 Å². The minimum Gasteiger partial charge on any atom is -0.488 e. The van der Waals surface area contributed by atoms with Crippen LogP contribution in [-0.2, 0) is 17.8 Å². The zero-order chi connectivity index (χ0) is 25.0. The number of carbonyl (C=O) groups excluding carboxylic acids is 1. The van der Waals surface area contributed by atoms with Crippen LogP contribution in [-0.4, -0.2) is 73.8 Å². The summed E-state index contributed by atoms with van der Waals surface area (Å²) >= 11 is 12.3. The summed E-state index contributed by atoms with van der Waals surface area (Å²) in [5.74, 6) is 0.782. The van der Waals surface area contributed by atoms with Gasteiger partial charge in [-0.3, -0.25) is 9.69 Å². The molecular formula is C26H35Cl2N3O3. The minimum atomic E-state index is -0.261. The predicted molar refractivity (Wildman–Crippen MR) is 139 cm³/mol. The van der Waals surface area contributed by atoms with Gasteiger partial charge in [0.15, 0.2) is 0 Å². The Morgan fingerprint density at radius 1 is 1.15 bits per heavy atom. The third kappa shape index (κ3) is 6.57. The van der Waals surface area contributed by atoms with E-state index in [0.29, 0.717) is 29.7 Å². The first-order chi connectivity index (χ1) is 16.1. The molecule has 0 bridgehead atoms. The zero-order valence-corrected chi connectivity index (χ0v) is 22.1. The van der Waals surface area contributed by atoms with Gasteiger partial charge in [-0.05, 0) is 49.9 Å². The van der Waals surface area contributed by atoms with Gasteiger partial charge in [-0.25, -0.2) is 0 Å². The van der Waals surface area contributed by atoms with Crippen LogP contribution in [0.15, 0.2) is 36.4 Å². The Labute approximate surface area is 213 Å². The van der Waals surface area contributed by atoms with Crippen molar-refractivity contribution < 1.29 is 14.6 Å². The van der Waals surface area contributed by atoms with Gasteiger partial charge in [0.2, 0.25) is 5.91 Å². The van der Waals surface area contributed by atoms with E-state index in [1.165, 1.54) is 0 Å². The van der Waals surface area contributed by atoms with Crippen molar-refractivity contribution in [3.63, 3.8) is 0 Å². The summed E-state index contributed by atoms with van der Waals surface area (Å²) in [6, 6.07) is 11.4. The van der Waals surface area contributed by atoms with Crippen molar-refractivity contribution >= 4 is 34.8 Å². The smallest absolute Gasteiger partial charge is 0.227 e. The molecule has 0 unspecified atom stereocenters. The van der Waals surface area contributed by atoms with Crippen molar-refractivity contribution in [2.45, 2.75) is 39.0 Å². The number of fused-ring (bicyclic) bond motifs is 1. The number of benzene rings is 2. The summed E-state index contributed by atoms with van der Waals surface area (Å²) in [6.07, 6.45) is 0.0796. The van der Waals surface area contributed by atoms with Crippen LogP contribution >= 0.6 is 23.2 Å². The van der Waals surface area contributed by atoms with Gasteiger partial charge in [-0.15, -0.1) is 0 Å². The highest BCUT2D eigenvalue weighted by Crippen LogP contribution is 2.30. The molecule has 0 saturated heterocycles. The van der Waals surface area contributed by atoms with Gasteiger partial charge in [0.05, 0.1) is 29.1 Å². The number of carbonyl (C=O) groups is 1. The van der Waals surface area contributed by atoms with Crippen LogP contribution in [0, 0.1) is 5.92 Å². The molecule has 1 amide bonds. The van der Waals surface area contributed by atoms with E-state index < -0.39 is 0 Å². The maximum Gasteiger partial charge on any atom is 0.227 e. The fourth-order valence-corrected chi connectivity index (χ4v) is 4.55. The van der Waals surface area contributed by atoms with Crippen LogP contribution in [0.1, 0.15) is 25.0 Å².